The number of benzene rings is 2. The number of hydrogen-bond acceptors (Lipinski definition) is 4. The van der Waals surface area contributed by atoms with Crippen molar-refractivity contribution in [3.05, 3.63) is 54.1 Å². The number of amides is 2. The van der Waals surface area contributed by atoms with E-state index in [4.69, 9.17) is 15.2 Å². The van der Waals surface area contributed by atoms with Gasteiger partial charge in [0.05, 0.1) is 6.10 Å². The molecule has 1 saturated carbocycles. The average molecular weight is 354 g/mol. The largest absolute Gasteiger partial charge is 0.490 e. The highest BCUT2D eigenvalue weighted by Crippen LogP contribution is 2.25. The van der Waals surface area contributed by atoms with Gasteiger partial charge in [0.25, 0.3) is 11.8 Å². The molecule has 6 heteroatoms. The third-order valence-electron chi connectivity index (χ3n) is 4.19. The van der Waals surface area contributed by atoms with Crippen molar-refractivity contribution >= 4 is 17.5 Å². The number of nitrogens with two attached hydrogens (primary N) is 1. The molecule has 0 saturated heterocycles. The third-order valence-corrected chi connectivity index (χ3v) is 4.19. The van der Waals surface area contributed by atoms with Gasteiger partial charge in [-0.15, -0.1) is 0 Å². The molecule has 136 valence electrons. The molecule has 0 spiro atoms. The summed E-state index contributed by atoms with van der Waals surface area (Å²) in [6, 6.07) is 13.9. The fourth-order valence-electron chi connectivity index (χ4n) is 2.90. The molecular weight excluding hydrogens is 332 g/mol. The topological polar surface area (TPSA) is 90.7 Å². The Labute approximate surface area is 152 Å². The minimum Gasteiger partial charge on any atom is -0.490 e. The van der Waals surface area contributed by atoms with Crippen LogP contribution >= 0.6 is 0 Å². The number of rotatable bonds is 7. The van der Waals surface area contributed by atoms with Gasteiger partial charge >= 0.3 is 0 Å². The molecule has 1 aliphatic carbocycles. The summed E-state index contributed by atoms with van der Waals surface area (Å²) in [5, 5.41) is 2.83. The maximum absolute atomic E-state index is 12.4. The van der Waals surface area contributed by atoms with Gasteiger partial charge in [-0.2, -0.15) is 0 Å². The lowest BCUT2D eigenvalue weighted by molar-refractivity contribution is -0.119. The Hall–Kier alpha value is -3.02. The van der Waals surface area contributed by atoms with Crippen LogP contribution < -0.4 is 20.5 Å². The lowest BCUT2D eigenvalue weighted by Gasteiger charge is -2.13. The molecule has 3 N–H and O–H groups in total. The van der Waals surface area contributed by atoms with E-state index in [2.05, 4.69) is 5.32 Å². The van der Waals surface area contributed by atoms with E-state index in [1.807, 2.05) is 24.3 Å². The van der Waals surface area contributed by atoms with Crippen molar-refractivity contribution < 1.29 is 19.1 Å². The standard InChI is InChI=1S/C20H22N2O4/c21-19(23)13-25-18-7-3-4-14(12-18)20(24)22-15-8-10-17(11-9-15)26-16-5-1-2-6-16/h3-4,7-12,16H,1-2,5-6,13H2,(H2,21,23)(H,22,24). The zero-order valence-electron chi connectivity index (χ0n) is 14.4. The molecule has 2 aromatic carbocycles. The summed E-state index contributed by atoms with van der Waals surface area (Å²) < 4.78 is 11.1. The molecule has 0 aromatic heterocycles. The third kappa shape index (κ3) is 4.99. The maximum atomic E-state index is 12.4. The molecule has 1 aliphatic rings. The lowest BCUT2D eigenvalue weighted by Crippen LogP contribution is -2.20. The van der Waals surface area contributed by atoms with Crippen LogP contribution in [-0.4, -0.2) is 24.5 Å². The Morgan fingerprint density at radius 1 is 1.04 bits per heavy atom. The van der Waals surface area contributed by atoms with Crippen LogP contribution in [0.15, 0.2) is 48.5 Å². The van der Waals surface area contributed by atoms with Crippen molar-refractivity contribution in [3.63, 3.8) is 0 Å². The highest BCUT2D eigenvalue weighted by atomic mass is 16.5. The Bertz CT molecular complexity index is 768. The van der Waals surface area contributed by atoms with Crippen LogP contribution in [-0.2, 0) is 4.79 Å². The molecule has 0 radical (unpaired) electrons. The monoisotopic (exact) mass is 354 g/mol. The number of carbonyl (C=O) groups excluding carboxylic acids is 2. The second-order valence-corrected chi connectivity index (χ2v) is 6.29. The van der Waals surface area contributed by atoms with E-state index >= 15 is 0 Å². The molecule has 1 fully saturated rings. The summed E-state index contributed by atoms with van der Waals surface area (Å²) in [5.41, 5.74) is 6.16. The van der Waals surface area contributed by atoms with Crippen LogP contribution in [0.25, 0.3) is 0 Å². The average Bonchev–Trinajstić information content (AvgIpc) is 3.15. The van der Waals surface area contributed by atoms with Crippen molar-refractivity contribution in [2.24, 2.45) is 5.73 Å². The van der Waals surface area contributed by atoms with E-state index in [1.165, 1.54) is 12.8 Å². The first-order valence-corrected chi connectivity index (χ1v) is 8.69. The maximum Gasteiger partial charge on any atom is 0.255 e. The van der Waals surface area contributed by atoms with Gasteiger partial charge in [0, 0.05) is 11.3 Å². The Kier molecular flexibility index (Phi) is 5.73. The first-order valence-electron chi connectivity index (χ1n) is 8.69. The molecule has 0 bridgehead atoms. The van der Waals surface area contributed by atoms with Crippen molar-refractivity contribution in [2.45, 2.75) is 31.8 Å². The first-order chi connectivity index (χ1) is 12.6. The van der Waals surface area contributed by atoms with E-state index < -0.39 is 5.91 Å². The summed E-state index contributed by atoms with van der Waals surface area (Å²) in [5.74, 6) is 0.396. The van der Waals surface area contributed by atoms with Crippen molar-refractivity contribution in [2.75, 3.05) is 11.9 Å². The van der Waals surface area contributed by atoms with Gasteiger partial charge in [-0.1, -0.05) is 6.07 Å². The van der Waals surface area contributed by atoms with Crippen LogP contribution in [0.3, 0.4) is 0 Å². The van der Waals surface area contributed by atoms with Gasteiger partial charge in [-0.3, -0.25) is 9.59 Å². The second kappa shape index (κ2) is 8.38. The van der Waals surface area contributed by atoms with E-state index in [-0.39, 0.29) is 12.5 Å². The van der Waals surface area contributed by atoms with Crippen LogP contribution in [0.2, 0.25) is 0 Å². The minimum atomic E-state index is -0.570. The number of anilines is 1. The van der Waals surface area contributed by atoms with Crippen LogP contribution in [0.1, 0.15) is 36.0 Å². The predicted molar refractivity (Wildman–Crippen MR) is 98.4 cm³/mol. The summed E-state index contributed by atoms with van der Waals surface area (Å²) in [4.78, 5) is 23.2. The second-order valence-electron chi connectivity index (χ2n) is 6.29. The van der Waals surface area contributed by atoms with Gasteiger partial charge < -0.3 is 20.5 Å². The quantitative estimate of drug-likeness (QED) is 0.799. The Morgan fingerprint density at radius 2 is 1.77 bits per heavy atom. The van der Waals surface area contributed by atoms with Crippen molar-refractivity contribution in [1.29, 1.82) is 0 Å². The van der Waals surface area contributed by atoms with Crippen molar-refractivity contribution in [3.8, 4) is 11.5 Å². The molecule has 3 rings (SSSR count). The summed E-state index contributed by atoms with van der Waals surface area (Å²) >= 11 is 0. The highest BCUT2D eigenvalue weighted by molar-refractivity contribution is 6.04. The minimum absolute atomic E-state index is 0.229. The Morgan fingerprint density at radius 3 is 2.46 bits per heavy atom. The van der Waals surface area contributed by atoms with Crippen LogP contribution in [0, 0.1) is 0 Å². The number of hydrogen-bond donors (Lipinski definition) is 2. The highest BCUT2D eigenvalue weighted by Gasteiger charge is 2.16. The van der Waals surface area contributed by atoms with Gasteiger partial charge in [0.15, 0.2) is 6.61 Å². The first kappa shape index (κ1) is 17.8. The number of ether oxygens (including phenoxy) is 2. The molecular formula is C20H22N2O4. The zero-order chi connectivity index (χ0) is 18.4. The summed E-state index contributed by atoms with van der Waals surface area (Å²) in [6.45, 7) is -0.229. The molecule has 6 nitrogen and oxygen atoms in total. The van der Waals surface area contributed by atoms with E-state index in [0.29, 0.717) is 23.1 Å². The molecule has 0 unspecified atom stereocenters. The zero-order valence-corrected chi connectivity index (χ0v) is 14.4. The Balaban J connectivity index is 1.58. The van der Waals surface area contributed by atoms with E-state index in [0.717, 1.165) is 18.6 Å². The SMILES string of the molecule is NC(=O)COc1cccc(C(=O)Nc2ccc(OC3CCCC3)cc2)c1. The molecule has 0 heterocycles. The van der Waals surface area contributed by atoms with E-state index in [1.54, 1.807) is 24.3 Å². The lowest BCUT2D eigenvalue weighted by atomic mass is 10.2. The predicted octanol–water partition coefficient (Wildman–Crippen LogP) is 3.12. The van der Waals surface area contributed by atoms with Gasteiger partial charge in [-0.05, 0) is 68.1 Å². The fraction of sp³-hybridized carbons (Fsp3) is 0.300. The molecule has 26 heavy (non-hydrogen) atoms. The number of carbonyl (C=O) groups is 2. The summed E-state index contributed by atoms with van der Waals surface area (Å²) in [7, 11) is 0. The molecule has 0 atom stereocenters. The van der Waals surface area contributed by atoms with Crippen molar-refractivity contribution in [1.82, 2.24) is 0 Å². The molecule has 0 aliphatic heterocycles. The molecule has 2 amide bonds. The van der Waals surface area contributed by atoms with Crippen LogP contribution in [0.4, 0.5) is 5.69 Å². The summed E-state index contributed by atoms with van der Waals surface area (Å²) in [6.07, 6.45) is 4.96. The number of nitrogens with one attached hydrogen (secondary N) is 1. The van der Waals surface area contributed by atoms with Gasteiger partial charge in [-0.25, -0.2) is 0 Å². The number of primary amides is 1. The van der Waals surface area contributed by atoms with Crippen LogP contribution in [0.5, 0.6) is 11.5 Å². The van der Waals surface area contributed by atoms with E-state index in [9.17, 15) is 9.59 Å². The molecule has 2 aromatic rings. The fourth-order valence-corrected chi connectivity index (χ4v) is 2.90. The van der Waals surface area contributed by atoms with Gasteiger partial charge in [0.2, 0.25) is 0 Å². The normalized spacial score (nSPS) is 14.0. The smallest absolute Gasteiger partial charge is 0.255 e. The van der Waals surface area contributed by atoms with Gasteiger partial charge in [0.1, 0.15) is 11.5 Å².